The lowest BCUT2D eigenvalue weighted by atomic mass is 9.94. The molecule has 2 atom stereocenters. The molecule has 26 heavy (non-hydrogen) atoms. The summed E-state index contributed by atoms with van der Waals surface area (Å²) in [6.45, 7) is 6.99. The quantitative estimate of drug-likeness (QED) is 0.849. The van der Waals surface area contributed by atoms with Gasteiger partial charge in [-0.05, 0) is 32.6 Å². The van der Waals surface area contributed by atoms with Crippen LogP contribution in [0.1, 0.15) is 40.4 Å². The molecule has 5 rings (SSSR count). The lowest BCUT2D eigenvalue weighted by molar-refractivity contribution is 0.0582. The average molecular weight is 356 g/mol. The van der Waals surface area contributed by atoms with Crippen LogP contribution in [0.15, 0.2) is 17.3 Å². The molecule has 1 amide bonds. The maximum atomic E-state index is 13.0. The van der Waals surface area contributed by atoms with Crippen molar-refractivity contribution in [2.24, 2.45) is 5.92 Å². The number of hydrogen-bond acceptors (Lipinski definition) is 5. The Balaban J connectivity index is 1.54. The molecule has 3 aliphatic rings. The number of amides is 1. The summed E-state index contributed by atoms with van der Waals surface area (Å²) in [6, 6.07) is 0.126. The zero-order valence-electron chi connectivity index (χ0n) is 15.2. The van der Waals surface area contributed by atoms with Crippen molar-refractivity contribution < 1.29 is 4.79 Å². The van der Waals surface area contributed by atoms with Crippen LogP contribution in [0.3, 0.4) is 0 Å². The molecule has 0 saturated carbocycles. The van der Waals surface area contributed by atoms with Crippen molar-refractivity contribution in [3.05, 3.63) is 45.7 Å². The van der Waals surface area contributed by atoms with Crippen LogP contribution in [0, 0.1) is 19.8 Å². The highest BCUT2D eigenvalue weighted by atomic mass is 16.2. The van der Waals surface area contributed by atoms with Crippen LogP contribution < -0.4 is 5.56 Å². The van der Waals surface area contributed by atoms with Gasteiger partial charge in [-0.2, -0.15) is 0 Å². The Labute approximate surface area is 151 Å². The molecule has 0 spiro atoms. The van der Waals surface area contributed by atoms with E-state index in [4.69, 9.17) is 0 Å². The molecule has 0 unspecified atom stereocenters. The van der Waals surface area contributed by atoms with Crippen LogP contribution >= 0.6 is 0 Å². The Kier molecular flexibility index (Phi) is 4.36. The summed E-state index contributed by atoms with van der Waals surface area (Å²) in [6.07, 6.45) is 5.22. The number of aromatic amines is 2. The summed E-state index contributed by atoms with van der Waals surface area (Å²) in [7, 11) is 0. The fourth-order valence-corrected chi connectivity index (χ4v) is 4.11. The molecule has 2 aromatic rings. The lowest BCUT2D eigenvalue weighted by Gasteiger charge is -2.36. The normalized spacial score (nSPS) is 23.2. The van der Waals surface area contributed by atoms with E-state index in [0.29, 0.717) is 18.3 Å². The van der Waals surface area contributed by atoms with E-state index in [-0.39, 0.29) is 23.1 Å². The van der Waals surface area contributed by atoms with E-state index in [1.165, 1.54) is 6.20 Å². The topological polar surface area (TPSA) is 98.0 Å². The maximum absolute atomic E-state index is 13.0. The zero-order valence-corrected chi connectivity index (χ0v) is 15.2. The second-order valence-electron chi connectivity index (χ2n) is 7.43. The molecule has 138 valence electrons. The summed E-state index contributed by atoms with van der Waals surface area (Å²) in [4.78, 5) is 43.7. The van der Waals surface area contributed by atoms with E-state index in [2.05, 4.69) is 24.8 Å². The van der Waals surface area contributed by atoms with Gasteiger partial charge in [0.2, 0.25) is 0 Å². The first-order chi connectivity index (χ1) is 12.5. The number of fused-ring (bicyclic) bond motifs is 4. The van der Waals surface area contributed by atoms with Crippen molar-refractivity contribution in [2.45, 2.75) is 39.3 Å². The number of aromatic nitrogens is 4. The molecule has 8 heteroatoms. The average Bonchev–Trinajstić information content (AvgIpc) is 2.81. The van der Waals surface area contributed by atoms with E-state index in [9.17, 15) is 9.59 Å². The second-order valence-corrected chi connectivity index (χ2v) is 7.43. The van der Waals surface area contributed by atoms with Crippen LogP contribution in [0.5, 0.6) is 0 Å². The fraction of sp³-hybridized carbons (Fsp3) is 0.556. The molecule has 2 N–H and O–H groups in total. The van der Waals surface area contributed by atoms with Crippen molar-refractivity contribution in [3.8, 4) is 0 Å². The Bertz CT molecular complexity index is 873. The number of imidazole rings is 1. The number of H-pyrrole nitrogens is 2. The predicted octanol–water partition coefficient (Wildman–Crippen LogP) is 0.846. The SMILES string of the molecule is Cc1ncc(C(=O)N2C[C@H]3CC[C@@H]2CN(Cc2nc[nH]c2C)C3)c(=O)[nH]1. The minimum atomic E-state index is -0.355. The van der Waals surface area contributed by atoms with E-state index in [1.807, 2.05) is 11.8 Å². The third-order valence-electron chi connectivity index (χ3n) is 5.51. The molecule has 0 radical (unpaired) electrons. The van der Waals surface area contributed by atoms with Crippen LogP contribution in [0.2, 0.25) is 0 Å². The number of hydrogen-bond donors (Lipinski definition) is 2. The maximum Gasteiger partial charge on any atom is 0.263 e. The van der Waals surface area contributed by atoms with Crippen LogP contribution in [-0.4, -0.2) is 61.3 Å². The van der Waals surface area contributed by atoms with Gasteiger partial charge in [0.25, 0.3) is 11.5 Å². The molecule has 5 heterocycles. The predicted molar refractivity (Wildman–Crippen MR) is 95.7 cm³/mol. The second kappa shape index (κ2) is 6.68. The van der Waals surface area contributed by atoms with Gasteiger partial charge in [-0.1, -0.05) is 0 Å². The first kappa shape index (κ1) is 17.0. The number of piperidine rings is 1. The first-order valence-electron chi connectivity index (χ1n) is 9.09. The van der Waals surface area contributed by atoms with Crippen molar-refractivity contribution >= 4 is 5.91 Å². The van der Waals surface area contributed by atoms with Crippen LogP contribution in [-0.2, 0) is 6.54 Å². The van der Waals surface area contributed by atoms with Crippen molar-refractivity contribution in [2.75, 3.05) is 19.6 Å². The Morgan fingerprint density at radius 3 is 2.81 bits per heavy atom. The molecule has 2 aromatic heterocycles. The van der Waals surface area contributed by atoms with Crippen molar-refractivity contribution in [1.82, 2.24) is 29.7 Å². The van der Waals surface area contributed by atoms with E-state index in [0.717, 1.165) is 43.9 Å². The van der Waals surface area contributed by atoms with Gasteiger partial charge >= 0.3 is 0 Å². The Morgan fingerprint density at radius 2 is 2.08 bits per heavy atom. The van der Waals surface area contributed by atoms with Gasteiger partial charge in [0.1, 0.15) is 11.4 Å². The summed E-state index contributed by atoms with van der Waals surface area (Å²) in [5, 5.41) is 0. The first-order valence-corrected chi connectivity index (χ1v) is 9.09. The van der Waals surface area contributed by atoms with Gasteiger partial charge in [-0.3, -0.25) is 14.5 Å². The van der Waals surface area contributed by atoms with E-state index in [1.54, 1.807) is 13.3 Å². The minimum Gasteiger partial charge on any atom is -0.348 e. The van der Waals surface area contributed by atoms with Gasteiger partial charge in [-0.15, -0.1) is 0 Å². The number of nitrogens with one attached hydrogen (secondary N) is 2. The largest absolute Gasteiger partial charge is 0.348 e. The lowest BCUT2D eigenvalue weighted by Crippen LogP contribution is -2.48. The number of carbonyl (C=O) groups is 1. The number of nitrogens with zero attached hydrogens (tertiary/aromatic N) is 4. The molecular formula is C18H24N6O2. The third kappa shape index (κ3) is 3.16. The van der Waals surface area contributed by atoms with Crippen LogP contribution in [0.25, 0.3) is 0 Å². The summed E-state index contributed by atoms with van der Waals surface area (Å²) >= 11 is 0. The fourth-order valence-electron chi connectivity index (χ4n) is 4.11. The molecular weight excluding hydrogens is 332 g/mol. The number of aryl methyl sites for hydroxylation is 2. The van der Waals surface area contributed by atoms with Crippen molar-refractivity contribution in [3.63, 3.8) is 0 Å². The van der Waals surface area contributed by atoms with Gasteiger partial charge in [0.05, 0.1) is 12.0 Å². The Hall–Kier alpha value is -2.48. The molecule has 3 aliphatic heterocycles. The molecule has 2 bridgehead atoms. The summed E-state index contributed by atoms with van der Waals surface area (Å²) < 4.78 is 0. The van der Waals surface area contributed by atoms with Gasteiger partial charge in [0, 0.05) is 44.1 Å². The smallest absolute Gasteiger partial charge is 0.263 e. The highest BCUT2D eigenvalue weighted by Crippen LogP contribution is 2.29. The monoisotopic (exact) mass is 356 g/mol. The van der Waals surface area contributed by atoms with Crippen LogP contribution in [0.4, 0.5) is 0 Å². The highest BCUT2D eigenvalue weighted by molar-refractivity contribution is 5.93. The molecule has 3 saturated heterocycles. The highest BCUT2D eigenvalue weighted by Gasteiger charge is 2.38. The van der Waals surface area contributed by atoms with E-state index < -0.39 is 0 Å². The zero-order chi connectivity index (χ0) is 18.3. The molecule has 0 aliphatic carbocycles. The van der Waals surface area contributed by atoms with Gasteiger partial charge in [0.15, 0.2) is 0 Å². The molecule has 3 fully saturated rings. The summed E-state index contributed by atoms with van der Waals surface area (Å²) in [5.41, 5.74) is 1.93. The number of carbonyl (C=O) groups excluding carboxylic acids is 1. The Morgan fingerprint density at radius 1 is 1.23 bits per heavy atom. The van der Waals surface area contributed by atoms with Gasteiger partial charge in [-0.25, -0.2) is 9.97 Å². The number of rotatable bonds is 3. The third-order valence-corrected chi connectivity index (χ3v) is 5.51. The molecule has 0 aromatic carbocycles. The van der Waals surface area contributed by atoms with E-state index >= 15 is 0 Å². The molecule has 8 nitrogen and oxygen atoms in total. The summed E-state index contributed by atoms with van der Waals surface area (Å²) in [5.74, 6) is 0.741. The van der Waals surface area contributed by atoms with Crippen molar-refractivity contribution in [1.29, 1.82) is 0 Å². The minimum absolute atomic E-state index is 0.126. The van der Waals surface area contributed by atoms with Gasteiger partial charge < -0.3 is 14.9 Å². The standard InChI is InChI=1S/C18H24N6O2/c1-11-16(21-10-20-11)9-23-6-13-3-4-14(8-23)24(7-13)18(26)15-5-19-12(2)22-17(15)25/h5,10,13-14H,3-4,6-9H2,1-2H3,(H,20,21)(H,19,22,25)/t13-,14+/m0/s1.